The van der Waals surface area contributed by atoms with E-state index in [2.05, 4.69) is 118 Å². The number of rotatable bonds is 42. The van der Waals surface area contributed by atoms with Crippen molar-refractivity contribution < 1.29 is 28.6 Å². The highest BCUT2D eigenvalue weighted by Gasteiger charge is 2.19. The molecule has 61 heavy (non-hydrogen) atoms. The molecular formula is C55H88O6. The van der Waals surface area contributed by atoms with Crippen molar-refractivity contribution in [3.05, 3.63) is 109 Å². The van der Waals surface area contributed by atoms with Gasteiger partial charge in [0.1, 0.15) is 13.2 Å². The minimum Gasteiger partial charge on any atom is -0.462 e. The molecule has 344 valence electrons. The molecule has 0 aliphatic heterocycles. The molecule has 0 aliphatic carbocycles. The van der Waals surface area contributed by atoms with Gasteiger partial charge in [-0.05, 0) is 83.5 Å². The van der Waals surface area contributed by atoms with Crippen LogP contribution in [-0.2, 0) is 28.6 Å². The van der Waals surface area contributed by atoms with Crippen molar-refractivity contribution in [3.63, 3.8) is 0 Å². The van der Waals surface area contributed by atoms with E-state index in [1.807, 2.05) is 6.08 Å². The van der Waals surface area contributed by atoms with Gasteiger partial charge in [0.05, 0.1) is 6.42 Å². The molecule has 1 atom stereocenters. The first-order valence-electron chi connectivity index (χ1n) is 24.4. The van der Waals surface area contributed by atoms with Crippen molar-refractivity contribution in [3.8, 4) is 0 Å². The van der Waals surface area contributed by atoms with Gasteiger partial charge in [-0.25, -0.2) is 0 Å². The molecule has 0 saturated carbocycles. The quantitative estimate of drug-likeness (QED) is 0.0200. The molecule has 0 aromatic carbocycles. The number of hydrogen-bond donors (Lipinski definition) is 0. The molecule has 0 spiro atoms. The average molecular weight is 845 g/mol. The molecule has 0 fully saturated rings. The number of allylic oxidation sites excluding steroid dienone is 17. The van der Waals surface area contributed by atoms with Gasteiger partial charge in [-0.3, -0.25) is 14.4 Å². The largest absolute Gasteiger partial charge is 0.462 e. The zero-order chi connectivity index (χ0) is 44.4. The van der Waals surface area contributed by atoms with Gasteiger partial charge in [0, 0.05) is 12.8 Å². The Morgan fingerprint density at radius 1 is 0.361 bits per heavy atom. The molecule has 6 heteroatoms. The summed E-state index contributed by atoms with van der Waals surface area (Å²) >= 11 is 0. The Balaban J connectivity index is 4.40. The summed E-state index contributed by atoms with van der Waals surface area (Å²) in [7, 11) is 0. The fourth-order valence-electron chi connectivity index (χ4n) is 6.28. The Kier molecular flexibility index (Phi) is 45.6. The van der Waals surface area contributed by atoms with E-state index in [4.69, 9.17) is 14.2 Å². The van der Waals surface area contributed by atoms with Gasteiger partial charge in [-0.2, -0.15) is 0 Å². The van der Waals surface area contributed by atoms with Gasteiger partial charge in [-0.1, -0.05) is 207 Å². The first kappa shape index (κ1) is 57.1. The highest BCUT2D eigenvalue weighted by molar-refractivity contribution is 5.72. The van der Waals surface area contributed by atoms with E-state index in [1.54, 1.807) is 6.08 Å². The van der Waals surface area contributed by atoms with Crippen molar-refractivity contribution in [1.82, 2.24) is 0 Å². The maximum atomic E-state index is 12.7. The molecule has 0 aliphatic rings. The third-order valence-electron chi connectivity index (χ3n) is 9.85. The van der Waals surface area contributed by atoms with Gasteiger partial charge in [0.25, 0.3) is 0 Å². The number of carbonyl (C=O) groups excluding carboxylic acids is 3. The standard InChI is InChI=1S/C55H88O6/c1-4-7-10-13-16-19-21-23-25-26-27-28-30-31-33-36-39-42-45-48-54(57)60-51-52(50-59-53(56)47-44-41-38-35-18-15-12-9-6-3)61-55(58)49-46-43-40-37-34-32-29-24-22-20-17-14-11-8-5-2/h7-12,14,16-20,22-23,25,35,41,44,52H,4-6,13,15,21,24,26-34,36-40,42-43,45-51H2,1-3H3/b10-7-,11-8-,12-9-,17-14-,19-16-,22-20-,25-23-,35-18-,44-41-. The molecule has 0 aromatic rings. The Morgan fingerprint density at radius 2 is 0.738 bits per heavy atom. The number of esters is 3. The zero-order valence-electron chi connectivity index (χ0n) is 39.1. The van der Waals surface area contributed by atoms with E-state index >= 15 is 0 Å². The molecule has 0 rings (SSSR count). The molecule has 1 unspecified atom stereocenters. The topological polar surface area (TPSA) is 78.9 Å². The average Bonchev–Trinajstić information content (AvgIpc) is 3.26. The summed E-state index contributed by atoms with van der Waals surface area (Å²) in [6.45, 7) is 6.15. The lowest BCUT2D eigenvalue weighted by atomic mass is 10.1. The van der Waals surface area contributed by atoms with E-state index in [0.717, 1.165) is 103 Å². The Morgan fingerprint density at radius 3 is 1.25 bits per heavy atom. The summed E-state index contributed by atoms with van der Waals surface area (Å²) in [6.07, 6.45) is 65.4. The number of ether oxygens (including phenoxy) is 3. The molecule has 0 heterocycles. The fourth-order valence-corrected chi connectivity index (χ4v) is 6.28. The van der Waals surface area contributed by atoms with Gasteiger partial charge in [-0.15, -0.1) is 0 Å². The van der Waals surface area contributed by atoms with Crippen LogP contribution in [-0.4, -0.2) is 37.2 Å². The molecule has 0 aromatic heterocycles. The predicted octanol–water partition coefficient (Wildman–Crippen LogP) is 16.0. The molecule has 0 N–H and O–H groups in total. The molecular weight excluding hydrogens is 757 g/mol. The highest BCUT2D eigenvalue weighted by Crippen LogP contribution is 2.14. The monoisotopic (exact) mass is 845 g/mol. The first-order chi connectivity index (χ1) is 30.0. The lowest BCUT2D eigenvalue weighted by Crippen LogP contribution is -2.30. The van der Waals surface area contributed by atoms with E-state index in [-0.39, 0.29) is 31.6 Å². The summed E-state index contributed by atoms with van der Waals surface area (Å²) in [6, 6.07) is 0. The van der Waals surface area contributed by atoms with Crippen molar-refractivity contribution in [2.24, 2.45) is 0 Å². The number of carbonyl (C=O) groups is 3. The second-order valence-electron chi connectivity index (χ2n) is 15.7. The van der Waals surface area contributed by atoms with Crippen LogP contribution in [0.5, 0.6) is 0 Å². The van der Waals surface area contributed by atoms with Crippen LogP contribution in [0.4, 0.5) is 0 Å². The summed E-state index contributed by atoms with van der Waals surface area (Å²) < 4.78 is 16.6. The van der Waals surface area contributed by atoms with Crippen LogP contribution < -0.4 is 0 Å². The number of unbranched alkanes of at least 4 members (excludes halogenated alkanes) is 16. The highest BCUT2D eigenvalue weighted by atomic mass is 16.6. The third-order valence-corrected chi connectivity index (χ3v) is 9.85. The maximum absolute atomic E-state index is 12.7. The van der Waals surface area contributed by atoms with E-state index in [9.17, 15) is 14.4 Å². The van der Waals surface area contributed by atoms with Crippen LogP contribution in [0.2, 0.25) is 0 Å². The smallest absolute Gasteiger partial charge is 0.309 e. The molecule has 0 saturated heterocycles. The summed E-state index contributed by atoms with van der Waals surface area (Å²) in [5.74, 6) is -1.07. The third kappa shape index (κ3) is 47.0. The summed E-state index contributed by atoms with van der Waals surface area (Å²) in [5, 5.41) is 0. The second kappa shape index (κ2) is 48.7. The molecule has 0 bridgehead atoms. The maximum Gasteiger partial charge on any atom is 0.309 e. The van der Waals surface area contributed by atoms with Gasteiger partial charge in [0.2, 0.25) is 0 Å². The van der Waals surface area contributed by atoms with Gasteiger partial charge in [0.15, 0.2) is 6.10 Å². The Bertz CT molecular complexity index is 1290. The number of hydrogen-bond acceptors (Lipinski definition) is 6. The van der Waals surface area contributed by atoms with Crippen LogP contribution in [0, 0.1) is 0 Å². The lowest BCUT2D eigenvalue weighted by molar-refractivity contribution is -0.166. The van der Waals surface area contributed by atoms with Crippen LogP contribution in [0.15, 0.2) is 109 Å². The van der Waals surface area contributed by atoms with Crippen LogP contribution in [0.3, 0.4) is 0 Å². The van der Waals surface area contributed by atoms with Crippen molar-refractivity contribution in [2.75, 3.05) is 13.2 Å². The first-order valence-corrected chi connectivity index (χ1v) is 24.4. The Hall–Kier alpha value is -3.93. The van der Waals surface area contributed by atoms with E-state index < -0.39 is 12.1 Å². The normalized spacial score (nSPS) is 13.0. The van der Waals surface area contributed by atoms with Gasteiger partial charge < -0.3 is 14.2 Å². The molecule has 0 amide bonds. The molecule has 6 nitrogen and oxygen atoms in total. The zero-order valence-corrected chi connectivity index (χ0v) is 39.1. The van der Waals surface area contributed by atoms with E-state index in [1.165, 1.54) is 57.8 Å². The lowest BCUT2D eigenvalue weighted by Gasteiger charge is -2.18. The minimum atomic E-state index is -0.822. The van der Waals surface area contributed by atoms with Gasteiger partial charge >= 0.3 is 17.9 Å². The van der Waals surface area contributed by atoms with E-state index in [0.29, 0.717) is 12.8 Å². The SMILES string of the molecule is CC\C=C/C=C\C=C/CCCCCCCCCC(=O)OC(COC(=O)C/C=C\C/C=C\C/C=C\CC)COC(=O)CCCCCCCCCCC/C=C\C/C=C\C/C=C\CC. The van der Waals surface area contributed by atoms with Crippen molar-refractivity contribution in [2.45, 2.75) is 207 Å². The van der Waals surface area contributed by atoms with Crippen LogP contribution >= 0.6 is 0 Å². The second-order valence-corrected chi connectivity index (χ2v) is 15.7. The predicted molar refractivity (Wildman–Crippen MR) is 260 cm³/mol. The molecule has 0 radical (unpaired) electrons. The Labute approximate surface area is 374 Å². The van der Waals surface area contributed by atoms with Crippen LogP contribution in [0.25, 0.3) is 0 Å². The van der Waals surface area contributed by atoms with Crippen molar-refractivity contribution in [1.29, 1.82) is 0 Å². The minimum absolute atomic E-state index is 0.115. The summed E-state index contributed by atoms with van der Waals surface area (Å²) in [4.78, 5) is 37.8. The fraction of sp³-hybridized carbons (Fsp3) is 0.618. The summed E-state index contributed by atoms with van der Waals surface area (Å²) in [5.41, 5.74) is 0. The van der Waals surface area contributed by atoms with Crippen molar-refractivity contribution >= 4 is 17.9 Å². The van der Waals surface area contributed by atoms with Crippen LogP contribution in [0.1, 0.15) is 201 Å².